The number of halogens is 3. The Bertz CT molecular complexity index is 479. The van der Waals surface area contributed by atoms with Gasteiger partial charge in [0.2, 0.25) is 0 Å². The lowest BCUT2D eigenvalue weighted by atomic mass is 10.2. The van der Waals surface area contributed by atoms with Gasteiger partial charge >= 0.3 is 17.9 Å². The van der Waals surface area contributed by atoms with Crippen LogP contribution in [-0.2, 0) is 9.53 Å². The molecule has 0 spiro atoms. The third-order valence-corrected chi connectivity index (χ3v) is 1.98. The van der Waals surface area contributed by atoms with E-state index in [0.29, 0.717) is 7.11 Å². The van der Waals surface area contributed by atoms with Gasteiger partial charge in [0.25, 0.3) is 5.91 Å². The molecule has 0 fully saturated rings. The average molecular weight is 279 g/mol. The van der Waals surface area contributed by atoms with E-state index in [2.05, 4.69) is 14.7 Å². The summed E-state index contributed by atoms with van der Waals surface area (Å²) in [6.45, 7) is 0. The lowest BCUT2D eigenvalue weighted by Gasteiger charge is -2.27. The minimum absolute atomic E-state index is 0.505. The van der Waals surface area contributed by atoms with Crippen molar-refractivity contribution in [2.45, 2.75) is 11.9 Å². The Balaban J connectivity index is 3.04. The molecule has 7 nitrogen and oxygen atoms in total. The molecule has 1 aromatic rings. The smallest absolute Gasteiger partial charge is 0.448 e. The van der Waals surface area contributed by atoms with Gasteiger partial charge in [-0.25, -0.2) is 9.78 Å². The predicted octanol–water partition coefficient (Wildman–Crippen LogP) is -0.370. The van der Waals surface area contributed by atoms with Crippen LogP contribution in [0.1, 0.15) is 10.5 Å². The number of amides is 1. The predicted molar refractivity (Wildman–Crippen MR) is 52.5 cm³/mol. The molecule has 0 saturated carbocycles. The summed E-state index contributed by atoms with van der Waals surface area (Å²) in [7, 11) is 0.632. The highest BCUT2D eigenvalue weighted by Gasteiger charge is 2.62. The largest absolute Gasteiger partial charge is 0.465 e. The van der Waals surface area contributed by atoms with Gasteiger partial charge in [0, 0.05) is 12.4 Å². The van der Waals surface area contributed by atoms with Crippen molar-refractivity contribution in [3.8, 4) is 0 Å². The fraction of sp³-hybridized carbons (Fsp3) is 0.333. The molecule has 104 valence electrons. The maximum atomic E-state index is 12.6. The molecule has 0 bridgehead atoms. The Kier molecular flexibility index (Phi) is 4.04. The van der Waals surface area contributed by atoms with Crippen LogP contribution in [0, 0.1) is 0 Å². The molecule has 1 heterocycles. The number of hydrogen-bond donors (Lipinski definition) is 2. The first-order valence-electron chi connectivity index (χ1n) is 4.68. The van der Waals surface area contributed by atoms with Crippen LogP contribution in [0.5, 0.6) is 0 Å². The van der Waals surface area contributed by atoms with Gasteiger partial charge in [0.1, 0.15) is 5.69 Å². The number of aromatic nitrogens is 2. The van der Waals surface area contributed by atoms with Gasteiger partial charge in [-0.3, -0.25) is 9.78 Å². The van der Waals surface area contributed by atoms with E-state index in [-0.39, 0.29) is 0 Å². The molecule has 0 aliphatic rings. The van der Waals surface area contributed by atoms with E-state index in [9.17, 15) is 27.9 Å². The van der Waals surface area contributed by atoms with E-state index in [1.165, 1.54) is 6.20 Å². The molecule has 1 aromatic heterocycles. The SMILES string of the molecule is COC(=O)[C@](O)(NC(=O)c1cnccn1)C(F)(F)F. The zero-order chi connectivity index (χ0) is 14.7. The van der Waals surface area contributed by atoms with Gasteiger partial charge in [-0.05, 0) is 0 Å². The third kappa shape index (κ3) is 2.96. The number of esters is 1. The second-order valence-corrected chi connectivity index (χ2v) is 3.24. The molecule has 0 unspecified atom stereocenters. The Morgan fingerprint density at radius 1 is 1.37 bits per heavy atom. The van der Waals surface area contributed by atoms with E-state index < -0.39 is 29.5 Å². The Morgan fingerprint density at radius 2 is 2.00 bits per heavy atom. The molecule has 10 heteroatoms. The minimum atomic E-state index is -5.46. The maximum Gasteiger partial charge on any atom is 0.448 e. The van der Waals surface area contributed by atoms with Gasteiger partial charge in [-0.2, -0.15) is 13.2 Å². The summed E-state index contributed by atoms with van der Waals surface area (Å²) in [6, 6.07) is 0. The molecular weight excluding hydrogens is 271 g/mol. The number of aliphatic hydroxyl groups is 1. The van der Waals surface area contributed by atoms with E-state index in [0.717, 1.165) is 17.7 Å². The summed E-state index contributed by atoms with van der Waals surface area (Å²) in [5, 5.41) is 10.4. The summed E-state index contributed by atoms with van der Waals surface area (Å²) >= 11 is 0. The van der Waals surface area contributed by atoms with Crippen molar-refractivity contribution >= 4 is 11.9 Å². The molecule has 0 saturated heterocycles. The lowest BCUT2D eigenvalue weighted by Crippen LogP contribution is -2.64. The van der Waals surface area contributed by atoms with Crippen molar-refractivity contribution in [3.63, 3.8) is 0 Å². The van der Waals surface area contributed by atoms with Gasteiger partial charge in [0.05, 0.1) is 13.3 Å². The number of carbonyl (C=O) groups is 2. The topological polar surface area (TPSA) is 101 Å². The number of carbonyl (C=O) groups excluding carboxylic acids is 2. The fourth-order valence-electron chi connectivity index (χ4n) is 1.03. The average Bonchev–Trinajstić information content (AvgIpc) is 2.37. The second kappa shape index (κ2) is 5.18. The zero-order valence-electron chi connectivity index (χ0n) is 9.43. The fourth-order valence-corrected chi connectivity index (χ4v) is 1.03. The van der Waals surface area contributed by atoms with Crippen molar-refractivity contribution < 1.29 is 32.6 Å². The van der Waals surface area contributed by atoms with Crippen LogP contribution in [-0.4, -0.2) is 46.0 Å². The van der Waals surface area contributed by atoms with Crippen molar-refractivity contribution in [2.24, 2.45) is 0 Å². The molecule has 0 radical (unpaired) electrons. The molecule has 1 amide bonds. The Labute approximate surface area is 104 Å². The van der Waals surface area contributed by atoms with Crippen molar-refractivity contribution in [3.05, 3.63) is 24.3 Å². The van der Waals surface area contributed by atoms with Crippen LogP contribution < -0.4 is 5.32 Å². The van der Waals surface area contributed by atoms with Crippen LogP contribution in [0.25, 0.3) is 0 Å². The van der Waals surface area contributed by atoms with Crippen molar-refractivity contribution in [1.29, 1.82) is 0 Å². The molecule has 2 N–H and O–H groups in total. The van der Waals surface area contributed by atoms with E-state index in [4.69, 9.17) is 0 Å². The Hall–Kier alpha value is -2.23. The van der Waals surface area contributed by atoms with Crippen LogP contribution in [0.2, 0.25) is 0 Å². The van der Waals surface area contributed by atoms with Crippen LogP contribution in [0.4, 0.5) is 13.2 Å². The standard InChI is InChI=1S/C9H8F3N3O4/c1-19-7(17)8(18,9(10,11)12)15-6(16)5-4-13-2-3-14-5/h2-4,18H,1H3,(H,15,16)/t8-/m1/s1. The zero-order valence-corrected chi connectivity index (χ0v) is 9.43. The first-order valence-corrected chi connectivity index (χ1v) is 4.68. The van der Waals surface area contributed by atoms with E-state index >= 15 is 0 Å². The van der Waals surface area contributed by atoms with Gasteiger partial charge in [0.15, 0.2) is 0 Å². The molecule has 1 rings (SSSR count). The summed E-state index contributed by atoms with van der Waals surface area (Å²) in [4.78, 5) is 29.3. The van der Waals surface area contributed by atoms with E-state index in [1.807, 2.05) is 0 Å². The first-order chi connectivity index (χ1) is 8.72. The summed E-state index contributed by atoms with van der Waals surface area (Å²) in [6.07, 6.45) is -2.35. The van der Waals surface area contributed by atoms with Crippen molar-refractivity contribution in [1.82, 2.24) is 15.3 Å². The number of nitrogens with zero attached hydrogens (tertiary/aromatic N) is 2. The highest BCUT2D eigenvalue weighted by atomic mass is 19.4. The Morgan fingerprint density at radius 3 is 2.42 bits per heavy atom. The van der Waals surface area contributed by atoms with Gasteiger partial charge in [-0.1, -0.05) is 0 Å². The molecule has 19 heavy (non-hydrogen) atoms. The normalized spacial score (nSPS) is 14.4. The van der Waals surface area contributed by atoms with Crippen LogP contribution in [0.3, 0.4) is 0 Å². The molecular formula is C9H8F3N3O4. The molecule has 0 aromatic carbocycles. The number of rotatable bonds is 3. The highest BCUT2D eigenvalue weighted by Crippen LogP contribution is 2.29. The summed E-state index contributed by atoms with van der Waals surface area (Å²) < 4.78 is 41.7. The minimum Gasteiger partial charge on any atom is -0.465 e. The second-order valence-electron chi connectivity index (χ2n) is 3.24. The molecule has 0 aliphatic carbocycles. The first kappa shape index (κ1) is 14.8. The number of ether oxygens (including phenoxy) is 1. The summed E-state index contributed by atoms with van der Waals surface area (Å²) in [5.74, 6) is -3.50. The molecule has 0 aliphatic heterocycles. The number of hydrogen-bond acceptors (Lipinski definition) is 6. The van der Waals surface area contributed by atoms with Crippen LogP contribution >= 0.6 is 0 Å². The molecule has 1 atom stereocenters. The third-order valence-electron chi connectivity index (χ3n) is 1.98. The van der Waals surface area contributed by atoms with E-state index in [1.54, 1.807) is 0 Å². The van der Waals surface area contributed by atoms with Crippen LogP contribution in [0.15, 0.2) is 18.6 Å². The van der Waals surface area contributed by atoms with Gasteiger partial charge < -0.3 is 15.2 Å². The monoisotopic (exact) mass is 279 g/mol. The number of methoxy groups -OCH3 is 1. The summed E-state index contributed by atoms with van der Waals surface area (Å²) in [5.41, 5.74) is -4.66. The number of nitrogens with one attached hydrogen (secondary N) is 1. The maximum absolute atomic E-state index is 12.6. The lowest BCUT2D eigenvalue weighted by molar-refractivity contribution is -0.268. The number of alkyl halides is 3. The van der Waals surface area contributed by atoms with Crippen molar-refractivity contribution in [2.75, 3.05) is 7.11 Å². The van der Waals surface area contributed by atoms with Gasteiger partial charge in [-0.15, -0.1) is 0 Å². The highest BCUT2D eigenvalue weighted by molar-refractivity contribution is 5.96. The quantitative estimate of drug-likeness (QED) is 0.578.